The minimum absolute atomic E-state index is 0.0101. The zero-order chi connectivity index (χ0) is 13.3. The summed E-state index contributed by atoms with van der Waals surface area (Å²) in [6.45, 7) is 2.47. The van der Waals surface area contributed by atoms with Gasteiger partial charge in [-0.2, -0.15) is 13.2 Å². The summed E-state index contributed by atoms with van der Waals surface area (Å²) < 4.78 is 39.7. The molecule has 0 spiro atoms. The van der Waals surface area contributed by atoms with E-state index in [0.29, 0.717) is 18.5 Å². The molecule has 1 heterocycles. The zero-order valence-corrected chi connectivity index (χ0v) is 9.96. The van der Waals surface area contributed by atoms with Gasteiger partial charge in [-0.3, -0.25) is 0 Å². The second kappa shape index (κ2) is 4.65. The first-order chi connectivity index (χ1) is 8.47. The minimum Gasteiger partial charge on any atom is -0.396 e. The number of nitrogens with zero attached hydrogens (tertiary/aromatic N) is 1. The normalized spacial score (nSPS) is 12.3. The average molecular weight is 257 g/mol. The van der Waals surface area contributed by atoms with Gasteiger partial charge in [0.25, 0.3) is 0 Å². The maximum Gasteiger partial charge on any atom is 0.416 e. The molecule has 0 atom stereocenters. The highest BCUT2D eigenvalue weighted by Gasteiger charge is 2.30. The smallest absolute Gasteiger partial charge is 0.396 e. The number of aryl methyl sites for hydroxylation is 1. The van der Waals surface area contributed by atoms with Crippen LogP contribution < -0.4 is 0 Å². The summed E-state index contributed by atoms with van der Waals surface area (Å²) in [7, 11) is 0. The quantitative estimate of drug-likeness (QED) is 0.897. The van der Waals surface area contributed by atoms with Gasteiger partial charge in [0.1, 0.15) is 0 Å². The van der Waals surface area contributed by atoms with E-state index < -0.39 is 11.7 Å². The van der Waals surface area contributed by atoms with Crippen molar-refractivity contribution in [2.75, 3.05) is 6.61 Å². The predicted octanol–water partition coefficient (Wildman–Crippen LogP) is 3.21. The maximum absolute atomic E-state index is 12.7. The molecule has 0 radical (unpaired) electrons. The van der Waals surface area contributed by atoms with E-state index in [0.717, 1.165) is 17.0 Å². The summed E-state index contributed by atoms with van der Waals surface area (Å²) in [6, 6.07) is 3.73. The molecule has 2 nitrogen and oxygen atoms in total. The van der Waals surface area contributed by atoms with Crippen LogP contribution in [0.15, 0.2) is 24.4 Å². The molecule has 0 fully saturated rings. The Morgan fingerprint density at radius 3 is 2.56 bits per heavy atom. The summed E-state index contributed by atoms with van der Waals surface area (Å²) >= 11 is 0. The fourth-order valence-electron chi connectivity index (χ4n) is 2.13. The number of aliphatic hydroxyl groups excluding tert-OH is 1. The van der Waals surface area contributed by atoms with Crippen LogP contribution in [0, 0.1) is 0 Å². The summed E-state index contributed by atoms with van der Waals surface area (Å²) in [5.41, 5.74) is 0.803. The van der Waals surface area contributed by atoms with Crippen molar-refractivity contribution < 1.29 is 18.3 Å². The molecular weight excluding hydrogens is 243 g/mol. The Labute approximate surface area is 103 Å². The number of benzene rings is 1. The highest BCUT2D eigenvalue weighted by atomic mass is 19.4. The Balaban J connectivity index is 2.61. The summed E-state index contributed by atoms with van der Waals surface area (Å²) in [6.07, 6.45) is -2.07. The lowest BCUT2D eigenvalue weighted by molar-refractivity contribution is -0.137. The van der Waals surface area contributed by atoms with Crippen LogP contribution in [0.2, 0.25) is 0 Å². The minimum atomic E-state index is -4.33. The molecule has 98 valence electrons. The molecule has 0 unspecified atom stereocenters. The molecule has 2 aromatic rings. The summed E-state index contributed by atoms with van der Waals surface area (Å²) in [5, 5.41) is 9.73. The number of aliphatic hydroxyl groups is 1. The van der Waals surface area contributed by atoms with Crippen LogP contribution in [-0.4, -0.2) is 16.3 Å². The molecule has 0 amide bonds. The third-order valence-corrected chi connectivity index (χ3v) is 3.01. The van der Waals surface area contributed by atoms with Gasteiger partial charge in [-0.05, 0) is 31.0 Å². The van der Waals surface area contributed by atoms with Gasteiger partial charge in [0, 0.05) is 30.3 Å². The van der Waals surface area contributed by atoms with E-state index in [-0.39, 0.29) is 6.61 Å². The standard InChI is InChI=1S/C13H14F3NO/c1-2-17-8-9(5-6-18)11-4-3-10(7-12(11)17)13(14,15)16/h3-4,7-8,18H,2,5-6H2,1H3. The van der Waals surface area contributed by atoms with Crippen LogP contribution in [0.4, 0.5) is 13.2 Å². The molecule has 1 aromatic heterocycles. The summed E-state index contributed by atoms with van der Waals surface area (Å²) in [4.78, 5) is 0. The van der Waals surface area contributed by atoms with Crippen LogP contribution in [0.3, 0.4) is 0 Å². The highest BCUT2D eigenvalue weighted by molar-refractivity contribution is 5.84. The second-order valence-electron chi connectivity index (χ2n) is 4.14. The van der Waals surface area contributed by atoms with Gasteiger partial charge >= 0.3 is 6.18 Å². The first-order valence-corrected chi connectivity index (χ1v) is 5.77. The van der Waals surface area contributed by atoms with Gasteiger partial charge < -0.3 is 9.67 Å². The van der Waals surface area contributed by atoms with E-state index in [1.54, 1.807) is 10.8 Å². The SMILES string of the molecule is CCn1cc(CCO)c2ccc(C(F)(F)F)cc21. The van der Waals surface area contributed by atoms with E-state index in [2.05, 4.69) is 0 Å². The van der Waals surface area contributed by atoms with Crippen LogP contribution in [0.1, 0.15) is 18.1 Å². The van der Waals surface area contributed by atoms with Crippen LogP contribution >= 0.6 is 0 Å². The molecule has 5 heteroatoms. The number of aromatic nitrogens is 1. The van der Waals surface area contributed by atoms with Crippen molar-refractivity contribution >= 4 is 10.9 Å². The number of hydrogen-bond acceptors (Lipinski definition) is 1. The molecule has 0 saturated carbocycles. The Morgan fingerprint density at radius 1 is 1.28 bits per heavy atom. The fraction of sp³-hybridized carbons (Fsp3) is 0.385. The molecule has 0 bridgehead atoms. The van der Waals surface area contributed by atoms with Crippen LogP contribution in [0.5, 0.6) is 0 Å². The van der Waals surface area contributed by atoms with Crippen molar-refractivity contribution in [1.29, 1.82) is 0 Å². The molecule has 0 aliphatic heterocycles. The lowest BCUT2D eigenvalue weighted by atomic mass is 10.1. The van der Waals surface area contributed by atoms with Crippen molar-refractivity contribution in [2.24, 2.45) is 0 Å². The molecule has 18 heavy (non-hydrogen) atoms. The van der Waals surface area contributed by atoms with E-state index in [1.165, 1.54) is 12.1 Å². The Hall–Kier alpha value is -1.49. The van der Waals surface area contributed by atoms with Crippen molar-refractivity contribution in [3.63, 3.8) is 0 Å². The van der Waals surface area contributed by atoms with Gasteiger partial charge in [0.05, 0.1) is 5.56 Å². The van der Waals surface area contributed by atoms with Gasteiger partial charge in [-0.15, -0.1) is 0 Å². The van der Waals surface area contributed by atoms with Gasteiger partial charge in [0.15, 0.2) is 0 Å². The zero-order valence-electron chi connectivity index (χ0n) is 9.96. The molecule has 1 N–H and O–H groups in total. The largest absolute Gasteiger partial charge is 0.416 e. The Bertz CT molecular complexity index is 557. The van der Waals surface area contributed by atoms with Crippen molar-refractivity contribution in [2.45, 2.75) is 26.1 Å². The number of halogens is 3. The van der Waals surface area contributed by atoms with E-state index >= 15 is 0 Å². The molecular formula is C13H14F3NO. The first-order valence-electron chi connectivity index (χ1n) is 5.77. The predicted molar refractivity (Wildman–Crippen MR) is 63.4 cm³/mol. The van der Waals surface area contributed by atoms with Crippen LogP contribution in [-0.2, 0) is 19.1 Å². The van der Waals surface area contributed by atoms with E-state index in [9.17, 15) is 13.2 Å². The third-order valence-electron chi connectivity index (χ3n) is 3.01. The second-order valence-corrected chi connectivity index (χ2v) is 4.14. The first kappa shape index (κ1) is 13.0. The van der Waals surface area contributed by atoms with Crippen molar-refractivity contribution in [3.05, 3.63) is 35.5 Å². The topological polar surface area (TPSA) is 25.2 Å². The number of hydrogen-bond donors (Lipinski definition) is 1. The molecule has 0 saturated heterocycles. The Morgan fingerprint density at radius 2 is 2.00 bits per heavy atom. The van der Waals surface area contributed by atoms with E-state index in [1.807, 2.05) is 6.92 Å². The van der Waals surface area contributed by atoms with Gasteiger partial charge in [0.2, 0.25) is 0 Å². The summed E-state index contributed by atoms with van der Waals surface area (Å²) in [5.74, 6) is 0. The number of fused-ring (bicyclic) bond motifs is 1. The molecule has 2 rings (SSSR count). The third kappa shape index (κ3) is 2.22. The lowest BCUT2D eigenvalue weighted by Gasteiger charge is -2.08. The fourth-order valence-corrected chi connectivity index (χ4v) is 2.13. The highest BCUT2D eigenvalue weighted by Crippen LogP contribution is 2.33. The van der Waals surface area contributed by atoms with Gasteiger partial charge in [-0.1, -0.05) is 6.07 Å². The molecule has 0 aliphatic rings. The van der Waals surface area contributed by atoms with E-state index in [4.69, 9.17) is 5.11 Å². The van der Waals surface area contributed by atoms with Gasteiger partial charge in [-0.25, -0.2) is 0 Å². The molecule has 1 aromatic carbocycles. The van der Waals surface area contributed by atoms with Crippen molar-refractivity contribution in [3.8, 4) is 0 Å². The molecule has 0 aliphatic carbocycles. The van der Waals surface area contributed by atoms with Crippen LogP contribution in [0.25, 0.3) is 10.9 Å². The maximum atomic E-state index is 12.7. The monoisotopic (exact) mass is 257 g/mol. The number of rotatable bonds is 3. The number of alkyl halides is 3. The average Bonchev–Trinajstić information content (AvgIpc) is 2.66. The lowest BCUT2D eigenvalue weighted by Crippen LogP contribution is -2.04. The Kier molecular flexibility index (Phi) is 3.34. The van der Waals surface area contributed by atoms with Crippen molar-refractivity contribution in [1.82, 2.24) is 4.57 Å².